The molecular weight excluding hydrogens is 571 g/mol. The Labute approximate surface area is 195 Å². The molecule has 32 heavy (non-hydrogen) atoms. The quantitative estimate of drug-likeness (QED) is 0.108. The van der Waals surface area contributed by atoms with Gasteiger partial charge in [0, 0.05) is 16.1 Å². The lowest BCUT2D eigenvalue weighted by Gasteiger charge is -2.14. The first-order valence-electron chi connectivity index (χ1n) is 8.29. The number of nitrogens with zero attached hydrogens (tertiary/aromatic N) is 1. The molecule has 2 aromatic carbocycles. The SMILES string of the molecule is COC(=O)C(=Cc1cc(Br)cc(Br)c1Oc1ccc(C(F)(F)F)cc1[N+](=O)[O-])C(=O)OC. The predicted octanol–water partition coefficient (Wildman–Crippen LogP) is 5.66. The zero-order valence-corrected chi connectivity index (χ0v) is 19.3. The van der Waals surface area contributed by atoms with Crippen LogP contribution in [0.25, 0.3) is 6.08 Å². The molecule has 0 radical (unpaired) electrons. The van der Waals surface area contributed by atoms with Crippen LogP contribution in [0.2, 0.25) is 0 Å². The van der Waals surface area contributed by atoms with Gasteiger partial charge in [-0.25, -0.2) is 9.59 Å². The fraction of sp³-hybridized carbons (Fsp3) is 0.158. The molecule has 2 aromatic rings. The number of nitro groups is 1. The first-order chi connectivity index (χ1) is 14.9. The van der Waals surface area contributed by atoms with Crippen molar-refractivity contribution in [2.75, 3.05) is 14.2 Å². The standard InChI is InChI=1S/C19H12Br2F3NO7/c1-30-17(26)12(18(27)31-2)6-9-5-11(20)8-13(21)16(9)32-15-4-3-10(19(22,23)24)7-14(15)25(28)29/h3-8H,1-2H3. The van der Waals surface area contributed by atoms with E-state index in [0.717, 1.165) is 26.4 Å². The summed E-state index contributed by atoms with van der Waals surface area (Å²) < 4.78 is 54.2. The number of benzene rings is 2. The van der Waals surface area contributed by atoms with Crippen LogP contribution in [0.3, 0.4) is 0 Å². The summed E-state index contributed by atoms with van der Waals surface area (Å²) in [5, 5.41) is 11.4. The number of halogens is 5. The number of hydrogen-bond acceptors (Lipinski definition) is 7. The molecule has 0 spiro atoms. The van der Waals surface area contributed by atoms with Gasteiger partial charge in [-0.15, -0.1) is 0 Å². The summed E-state index contributed by atoms with van der Waals surface area (Å²) in [5.74, 6) is -2.68. The molecule has 0 unspecified atom stereocenters. The fourth-order valence-electron chi connectivity index (χ4n) is 2.40. The van der Waals surface area contributed by atoms with E-state index in [0.29, 0.717) is 16.6 Å². The van der Waals surface area contributed by atoms with Gasteiger partial charge in [0.1, 0.15) is 11.3 Å². The van der Waals surface area contributed by atoms with Gasteiger partial charge in [0.05, 0.1) is 29.2 Å². The molecule has 0 N–H and O–H groups in total. The highest BCUT2D eigenvalue weighted by Crippen LogP contribution is 2.42. The highest BCUT2D eigenvalue weighted by molar-refractivity contribution is 9.11. The molecule has 0 bridgehead atoms. The number of alkyl halides is 3. The van der Waals surface area contributed by atoms with Crippen molar-refractivity contribution in [1.82, 2.24) is 0 Å². The minimum absolute atomic E-state index is 0.0613. The third-order valence-electron chi connectivity index (χ3n) is 3.84. The van der Waals surface area contributed by atoms with E-state index in [-0.39, 0.29) is 15.8 Å². The zero-order valence-electron chi connectivity index (χ0n) is 16.2. The maximum atomic E-state index is 13.0. The maximum Gasteiger partial charge on any atom is 0.416 e. The summed E-state index contributed by atoms with van der Waals surface area (Å²) in [4.78, 5) is 34.3. The summed E-state index contributed by atoms with van der Waals surface area (Å²) >= 11 is 6.41. The van der Waals surface area contributed by atoms with E-state index in [9.17, 15) is 32.9 Å². The number of nitro benzene ring substituents is 1. The van der Waals surface area contributed by atoms with Gasteiger partial charge in [-0.05, 0) is 46.3 Å². The second-order valence-electron chi connectivity index (χ2n) is 5.89. The third-order valence-corrected chi connectivity index (χ3v) is 4.89. The summed E-state index contributed by atoms with van der Waals surface area (Å²) in [6.45, 7) is 0. The van der Waals surface area contributed by atoms with Crippen LogP contribution in [0.1, 0.15) is 11.1 Å². The topological polar surface area (TPSA) is 105 Å². The van der Waals surface area contributed by atoms with E-state index in [1.54, 1.807) is 0 Å². The van der Waals surface area contributed by atoms with Gasteiger partial charge in [-0.2, -0.15) is 13.2 Å². The zero-order chi connectivity index (χ0) is 24.2. The van der Waals surface area contributed by atoms with Crippen molar-refractivity contribution in [3.05, 3.63) is 66.1 Å². The van der Waals surface area contributed by atoms with E-state index in [1.807, 2.05) is 0 Å². The van der Waals surface area contributed by atoms with Crippen LogP contribution in [-0.4, -0.2) is 31.1 Å². The number of carbonyl (C=O) groups excluding carboxylic acids is 2. The smallest absolute Gasteiger partial charge is 0.416 e. The van der Waals surface area contributed by atoms with Gasteiger partial charge in [0.25, 0.3) is 0 Å². The summed E-state index contributed by atoms with van der Waals surface area (Å²) in [5.41, 5.74) is -2.63. The average molecular weight is 583 g/mol. The Morgan fingerprint density at radius 1 is 1.06 bits per heavy atom. The van der Waals surface area contributed by atoms with Crippen molar-refractivity contribution < 1.29 is 41.9 Å². The molecule has 170 valence electrons. The summed E-state index contributed by atoms with van der Waals surface area (Å²) in [6.07, 6.45) is -3.75. The summed E-state index contributed by atoms with van der Waals surface area (Å²) in [7, 11) is 2.08. The van der Waals surface area contributed by atoms with Crippen molar-refractivity contribution in [2.24, 2.45) is 0 Å². The molecule has 2 rings (SSSR count). The summed E-state index contributed by atoms with van der Waals surface area (Å²) in [6, 6.07) is 4.65. The molecule has 0 aliphatic carbocycles. The molecule has 0 heterocycles. The number of carbonyl (C=O) groups is 2. The van der Waals surface area contributed by atoms with Gasteiger partial charge >= 0.3 is 23.8 Å². The molecule has 0 atom stereocenters. The van der Waals surface area contributed by atoms with Crippen molar-refractivity contribution in [1.29, 1.82) is 0 Å². The van der Waals surface area contributed by atoms with Gasteiger partial charge in [-0.1, -0.05) is 15.9 Å². The monoisotopic (exact) mass is 581 g/mol. The fourth-order valence-corrected chi connectivity index (χ4v) is 3.74. The Hall–Kier alpha value is -2.93. The number of hydrogen-bond donors (Lipinski definition) is 0. The van der Waals surface area contributed by atoms with Crippen LogP contribution in [0.5, 0.6) is 11.5 Å². The van der Waals surface area contributed by atoms with E-state index in [2.05, 4.69) is 41.3 Å². The van der Waals surface area contributed by atoms with Crippen molar-refractivity contribution in [2.45, 2.75) is 6.18 Å². The van der Waals surface area contributed by atoms with Gasteiger partial charge in [0.2, 0.25) is 5.75 Å². The Balaban J connectivity index is 2.68. The van der Waals surface area contributed by atoms with Gasteiger partial charge < -0.3 is 14.2 Å². The molecule has 0 saturated heterocycles. The van der Waals surface area contributed by atoms with Crippen molar-refractivity contribution in [3.63, 3.8) is 0 Å². The highest BCUT2D eigenvalue weighted by atomic mass is 79.9. The van der Waals surface area contributed by atoms with E-state index in [1.165, 1.54) is 12.1 Å². The third kappa shape index (κ3) is 5.85. The molecule has 0 aliphatic rings. The minimum atomic E-state index is -4.80. The van der Waals surface area contributed by atoms with Gasteiger partial charge in [0.15, 0.2) is 0 Å². The van der Waals surface area contributed by atoms with E-state index >= 15 is 0 Å². The highest BCUT2D eigenvalue weighted by Gasteiger charge is 2.33. The molecule has 0 saturated carbocycles. The van der Waals surface area contributed by atoms with Crippen LogP contribution in [0.4, 0.5) is 18.9 Å². The van der Waals surface area contributed by atoms with E-state index < -0.39 is 45.6 Å². The number of methoxy groups -OCH3 is 2. The first kappa shape index (κ1) is 25.3. The number of esters is 2. The van der Waals surface area contributed by atoms with Crippen LogP contribution in [0.15, 0.2) is 44.9 Å². The lowest BCUT2D eigenvalue weighted by Crippen LogP contribution is -2.15. The molecule has 0 aromatic heterocycles. The first-order valence-corrected chi connectivity index (χ1v) is 9.88. The average Bonchev–Trinajstić information content (AvgIpc) is 2.72. The molecule has 8 nitrogen and oxygen atoms in total. The normalized spacial score (nSPS) is 10.8. The Morgan fingerprint density at radius 2 is 1.66 bits per heavy atom. The van der Waals surface area contributed by atoms with Crippen LogP contribution < -0.4 is 4.74 Å². The van der Waals surface area contributed by atoms with Gasteiger partial charge in [-0.3, -0.25) is 10.1 Å². The Kier molecular flexibility index (Phi) is 8.02. The molecule has 0 aliphatic heterocycles. The van der Waals surface area contributed by atoms with Crippen molar-refractivity contribution >= 4 is 55.6 Å². The molecule has 0 amide bonds. The number of rotatable bonds is 6. The lowest BCUT2D eigenvalue weighted by atomic mass is 10.1. The molecule has 0 fully saturated rings. The van der Waals surface area contributed by atoms with Crippen LogP contribution in [0, 0.1) is 10.1 Å². The number of ether oxygens (including phenoxy) is 3. The van der Waals surface area contributed by atoms with E-state index in [4.69, 9.17) is 4.74 Å². The Bertz CT molecular complexity index is 1100. The molecular formula is C19H12Br2F3NO7. The second-order valence-corrected chi connectivity index (χ2v) is 7.66. The van der Waals surface area contributed by atoms with Crippen molar-refractivity contribution in [3.8, 4) is 11.5 Å². The lowest BCUT2D eigenvalue weighted by molar-refractivity contribution is -0.385. The van der Waals surface area contributed by atoms with Crippen LogP contribution in [-0.2, 0) is 25.2 Å². The molecule has 13 heteroatoms. The largest absolute Gasteiger partial charge is 0.465 e. The second kappa shape index (κ2) is 10.1. The predicted molar refractivity (Wildman–Crippen MR) is 112 cm³/mol. The Morgan fingerprint density at radius 3 is 2.16 bits per heavy atom. The van der Waals surface area contributed by atoms with Crippen LogP contribution >= 0.6 is 31.9 Å². The maximum absolute atomic E-state index is 13.0. The minimum Gasteiger partial charge on any atom is -0.465 e.